The highest BCUT2D eigenvalue weighted by molar-refractivity contribution is 6.01. The van der Waals surface area contributed by atoms with E-state index < -0.39 is 11.4 Å². The van der Waals surface area contributed by atoms with E-state index in [9.17, 15) is 19.1 Å². The number of pyridine rings is 2. The quantitative estimate of drug-likeness (QED) is 0.322. The van der Waals surface area contributed by atoms with Crippen molar-refractivity contribution in [2.75, 3.05) is 24.3 Å². The Morgan fingerprint density at radius 3 is 2.85 bits per heavy atom. The standard InChI is InChI=1S/C23H24FN7O3/c1-14(13-32)7-8-18(33)15-12-27-31-20(25-2)11-19(29-21(15)31)28-17-6-4-10-30(23(17)34)22-16(24)5-3-9-26-22/h3-6,9-12,14,25,32H,7-8,13H2,1-2H3,(H,28,29). The molecule has 0 aliphatic rings. The summed E-state index contributed by atoms with van der Waals surface area (Å²) < 4.78 is 16.8. The van der Waals surface area contributed by atoms with Gasteiger partial charge < -0.3 is 15.7 Å². The first-order chi connectivity index (χ1) is 16.4. The maximum absolute atomic E-state index is 14.2. The molecule has 0 saturated carbocycles. The molecule has 0 fully saturated rings. The molecule has 0 amide bonds. The summed E-state index contributed by atoms with van der Waals surface area (Å²) >= 11 is 0. The van der Waals surface area contributed by atoms with E-state index in [0.717, 1.165) is 4.57 Å². The molecule has 10 nitrogen and oxygen atoms in total. The summed E-state index contributed by atoms with van der Waals surface area (Å²) in [5.41, 5.74) is 0.292. The lowest BCUT2D eigenvalue weighted by Gasteiger charge is -2.12. The lowest BCUT2D eigenvalue weighted by molar-refractivity contribution is 0.0970. The Balaban J connectivity index is 1.71. The van der Waals surface area contributed by atoms with Crippen LogP contribution in [0.5, 0.6) is 0 Å². The van der Waals surface area contributed by atoms with Gasteiger partial charge in [-0.05, 0) is 36.6 Å². The number of aliphatic hydroxyl groups excluding tert-OH is 1. The highest BCUT2D eigenvalue weighted by atomic mass is 19.1. The molecule has 4 heterocycles. The number of hydrogen-bond acceptors (Lipinski definition) is 8. The van der Waals surface area contributed by atoms with Crippen LogP contribution in [-0.2, 0) is 0 Å². The van der Waals surface area contributed by atoms with Crippen molar-refractivity contribution in [3.63, 3.8) is 0 Å². The minimum absolute atomic E-state index is 0.00744. The Labute approximate surface area is 194 Å². The van der Waals surface area contributed by atoms with Gasteiger partial charge in [0.2, 0.25) is 0 Å². The lowest BCUT2D eigenvalue weighted by Crippen LogP contribution is -2.22. The van der Waals surface area contributed by atoms with Crippen molar-refractivity contribution >= 4 is 28.8 Å². The Morgan fingerprint density at radius 1 is 1.29 bits per heavy atom. The number of halogens is 1. The zero-order chi connectivity index (χ0) is 24.2. The molecule has 0 aromatic carbocycles. The minimum atomic E-state index is -0.628. The molecule has 0 saturated heterocycles. The number of aromatic nitrogens is 5. The second-order valence-electron chi connectivity index (χ2n) is 7.85. The van der Waals surface area contributed by atoms with Gasteiger partial charge in [-0.1, -0.05) is 6.92 Å². The van der Waals surface area contributed by atoms with Gasteiger partial charge in [-0.2, -0.15) is 9.61 Å². The van der Waals surface area contributed by atoms with Gasteiger partial charge >= 0.3 is 0 Å². The molecule has 0 radical (unpaired) electrons. The van der Waals surface area contributed by atoms with Crippen LogP contribution >= 0.6 is 0 Å². The van der Waals surface area contributed by atoms with Gasteiger partial charge in [0.05, 0.1) is 11.8 Å². The SMILES string of the molecule is CNc1cc(Nc2cccn(-c3ncccc3F)c2=O)nc2c(C(=O)CCC(C)CO)cnn12. The van der Waals surface area contributed by atoms with Gasteiger partial charge in [-0.3, -0.25) is 14.2 Å². The van der Waals surface area contributed by atoms with Gasteiger partial charge in [0.15, 0.2) is 23.1 Å². The van der Waals surface area contributed by atoms with E-state index in [4.69, 9.17) is 0 Å². The van der Waals surface area contributed by atoms with Crippen molar-refractivity contribution in [3.05, 3.63) is 70.7 Å². The van der Waals surface area contributed by atoms with Crippen LogP contribution < -0.4 is 16.2 Å². The van der Waals surface area contributed by atoms with Crippen molar-refractivity contribution in [1.29, 1.82) is 0 Å². The molecule has 176 valence electrons. The molecular formula is C23H24FN7O3. The Bertz CT molecular complexity index is 1400. The predicted molar refractivity (Wildman–Crippen MR) is 125 cm³/mol. The van der Waals surface area contributed by atoms with Crippen molar-refractivity contribution < 1.29 is 14.3 Å². The van der Waals surface area contributed by atoms with Crippen molar-refractivity contribution in [2.24, 2.45) is 5.92 Å². The molecule has 0 aliphatic carbocycles. The number of hydrogen-bond donors (Lipinski definition) is 3. The van der Waals surface area contributed by atoms with E-state index in [2.05, 4.69) is 25.7 Å². The molecular weight excluding hydrogens is 441 g/mol. The van der Waals surface area contributed by atoms with Crippen LogP contribution in [0.15, 0.2) is 53.7 Å². The van der Waals surface area contributed by atoms with Crippen LogP contribution in [0.3, 0.4) is 0 Å². The number of carbonyl (C=O) groups excluding carboxylic acids is 1. The Hall–Kier alpha value is -4.12. The average Bonchev–Trinajstić information content (AvgIpc) is 3.27. The van der Waals surface area contributed by atoms with Crippen LogP contribution in [0, 0.1) is 11.7 Å². The topological polar surface area (TPSA) is 126 Å². The number of rotatable bonds is 9. The number of Topliss-reactive ketones (excluding diaryl/α,β-unsaturated/α-hetero) is 1. The first-order valence-electron chi connectivity index (χ1n) is 10.7. The second-order valence-corrected chi connectivity index (χ2v) is 7.85. The molecule has 1 atom stereocenters. The summed E-state index contributed by atoms with van der Waals surface area (Å²) in [6, 6.07) is 7.44. The third-order valence-electron chi connectivity index (χ3n) is 5.38. The summed E-state index contributed by atoms with van der Waals surface area (Å²) in [6.07, 6.45) is 5.07. The van der Waals surface area contributed by atoms with Crippen molar-refractivity contribution in [3.8, 4) is 5.82 Å². The summed E-state index contributed by atoms with van der Waals surface area (Å²) in [5, 5.41) is 19.4. The first kappa shape index (κ1) is 23.1. The number of nitrogens with zero attached hydrogens (tertiary/aromatic N) is 5. The van der Waals surface area contributed by atoms with E-state index in [1.807, 2.05) is 6.92 Å². The maximum Gasteiger partial charge on any atom is 0.280 e. The summed E-state index contributed by atoms with van der Waals surface area (Å²) in [6.45, 7) is 1.88. The Kier molecular flexibility index (Phi) is 6.64. The molecule has 4 aromatic rings. The van der Waals surface area contributed by atoms with Gasteiger partial charge in [-0.15, -0.1) is 0 Å². The van der Waals surface area contributed by atoms with Crippen LogP contribution in [-0.4, -0.2) is 48.7 Å². The molecule has 0 spiro atoms. The van der Waals surface area contributed by atoms with Gasteiger partial charge in [-0.25, -0.2) is 14.4 Å². The fraction of sp³-hybridized carbons (Fsp3) is 0.261. The largest absolute Gasteiger partial charge is 0.396 e. The van der Waals surface area contributed by atoms with Gasteiger partial charge in [0, 0.05) is 38.5 Å². The van der Waals surface area contributed by atoms with Crippen molar-refractivity contribution in [2.45, 2.75) is 19.8 Å². The molecule has 4 rings (SSSR count). The predicted octanol–water partition coefficient (Wildman–Crippen LogP) is 2.79. The molecule has 11 heteroatoms. The molecule has 1 unspecified atom stereocenters. The smallest absolute Gasteiger partial charge is 0.280 e. The third-order valence-corrected chi connectivity index (χ3v) is 5.38. The summed E-state index contributed by atoms with van der Waals surface area (Å²) in [4.78, 5) is 34.3. The summed E-state index contributed by atoms with van der Waals surface area (Å²) in [7, 11) is 1.70. The number of aliphatic hydroxyl groups is 1. The lowest BCUT2D eigenvalue weighted by atomic mass is 10.0. The normalized spacial score (nSPS) is 12.0. The molecule has 34 heavy (non-hydrogen) atoms. The highest BCUT2D eigenvalue weighted by Gasteiger charge is 2.18. The average molecular weight is 465 g/mol. The van der Waals surface area contributed by atoms with Crippen molar-refractivity contribution in [1.82, 2.24) is 24.1 Å². The van der Waals surface area contributed by atoms with Crippen LogP contribution in [0.4, 0.5) is 21.7 Å². The van der Waals surface area contributed by atoms with E-state index in [1.54, 1.807) is 25.2 Å². The third kappa shape index (κ3) is 4.50. The van der Waals surface area contributed by atoms with Crippen LogP contribution in [0.1, 0.15) is 30.1 Å². The highest BCUT2D eigenvalue weighted by Crippen LogP contribution is 2.22. The molecule has 0 aliphatic heterocycles. The minimum Gasteiger partial charge on any atom is -0.396 e. The van der Waals surface area contributed by atoms with E-state index in [0.29, 0.717) is 29.3 Å². The van der Waals surface area contributed by atoms with E-state index in [-0.39, 0.29) is 36.2 Å². The number of nitrogens with one attached hydrogen (secondary N) is 2. The zero-order valence-electron chi connectivity index (χ0n) is 18.7. The number of fused-ring (bicyclic) bond motifs is 1. The molecule has 0 bridgehead atoms. The first-order valence-corrected chi connectivity index (χ1v) is 10.7. The fourth-order valence-electron chi connectivity index (χ4n) is 3.45. The van der Waals surface area contributed by atoms with E-state index >= 15 is 0 Å². The molecule has 3 N–H and O–H groups in total. The zero-order valence-corrected chi connectivity index (χ0v) is 18.7. The number of ketones is 1. The number of anilines is 3. The van der Waals surface area contributed by atoms with Gasteiger partial charge in [0.25, 0.3) is 5.56 Å². The second kappa shape index (κ2) is 9.79. The summed E-state index contributed by atoms with van der Waals surface area (Å²) in [5.74, 6) is -0.0375. The van der Waals surface area contributed by atoms with Gasteiger partial charge in [0.1, 0.15) is 17.3 Å². The van der Waals surface area contributed by atoms with E-state index in [1.165, 1.54) is 35.2 Å². The molecule has 4 aromatic heterocycles. The van der Waals surface area contributed by atoms with Crippen LogP contribution in [0.2, 0.25) is 0 Å². The fourth-order valence-corrected chi connectivity index (χ4v) is 3.45. The van der Waals surface area contributed by atoms with Crippen LogP contribution in [0.25, 0.3) is 11.5 Å². The number of carbonyl (C=O) groups is 1. The monoisotopic (exact) mass is 465 g/mol. The maximum atomic E-state index is 14.2. The Morgan fingerprint density at radius 2 is 2.12 bits per heavy atom.